The average molecular weight is 510 g/mol. The van der Waals surface area contributed by atoms with Gasteiger partial charge in [0.15, 0.2) is 0 Å². The number of rotatable bonds is 5. The fraction of sp³-hybridized carbons (Fsp3) is 0.481. The molecular weight excluding hydrogens is 477 g/mol. The summed E-state index contributed by atoms with van der Waals surface area (Å²) in [6.45, 7) is 3.71. The normalized spacial score (nSPS) is 29.9. The topological polar surface area (TPSA) is 71.3 Å². The van der Waals surface area contributed by atoms with E-state index in [2.05, 4.69) is 19.7 Å². The maximum atomic E-state index is 15.4. The lowest BCUT2D eigenvalue weighted by molar-refractivity contribution is 0.270. The van der Waals surface area contributed by atoms with Crippen molar-refractivity contribution in [3.8, 4) is 0 Å². The van der Waals surface area contributed by atoms with Crippen molar-refractivity contribution >= 4 is 15.7 Å². The van der Waals surface area contributed by atoms with Crippen molar-refractivity contribution in [1.82, 2.24) is 19.1 Å². The lowest BCUT2D eigenvalue weighted by Gasteiger charge is -2.40. The number of halogens is 1. The molecule has 5 atom stereocenters. The molecule has 9 heteroatoms. The Kier molecular flexibility index (Phi) is 6.08. The van der Waals surface area contributed by atoms with E-state index in [0.717, 1.165) is 43.6 Å². The SMILES string of the molecule is C[C@H]1CC[C@H](c2ccccc2)S(=O)(=O)N1Cc1ccc(N2C[C@H]3CC[C@@H](C2)C3n2cnnc2)cc1F. The smallest absolute Gasteiger partial charge is 0.221 e. The molecule has 0 amide bonds. The largest absolute Gasteiger partial charge is 0.371 e. The Bertz CT molecular complexity index is 1300. The van der Waals surface area contributed by atoms with Crippen molar-refractivity contribution in [2.45, 2.75) is 56.5 Å². The van der Waals surface area contributed by atoms with Crippen LogP contribution in [0.2, 0.25) is 0 Å². The quantitative estimate of drug-likeness (QED) is 0.504. The van der Waals surface area contributed by atoms with Crippen molar-refractivity contribution in [3.05, 3.63) is 78.1 Å². The number of anilines is 1. The molecule has 2 bridgehead atoms. The molecule has 7 nitrogen and oxygen atoms in total. The highest BCUT2D eigenvalue weighted by molar-refractivity contribution is 7.89. The fourth-order valence-corrected chi connectivity index (χ4v) is 8.82. The molecule has 36 heavy (non-hydrogen) atoms. The van der Waals surface area contributed by atoms with E-state index >= 15 is 4.39 Å². The van der Waals surface area contributed by atoms with E-state index in [1.165, 1.54) is 4.31 Å². The van der Waals surface area contributed by atoms with Crippen LogP contribution in [0.5, 0.6) is 0 Å². The van der Waals surface area contributed by atoms with Gasteiger partial charge in [-0.25, -0.2) is 12.8 Å². The predicted octanol–water partition coefficient (Wildman–Crippen LogP) is 4.56. The number of benzene rings is 2. The molecule has 3 fully saturated rings. The number of piperidine rings is 1. The van der Waals surface area contributed by atoms with E-state index in [1.807, 2.05) is 43.3 Å². The molecule has 3 aromatic rings. The molecule has 2 aliphatic heterocycles. The standard InChI is InChI=1S/C27H32FN5O2S/c1-19-7-12-26(20-5-3-2-4-6-20)36(34,35)33(19)16-21-10-11-24(13-25(21)28)31-14-22-8-9-23(15-31)27(22)32-17-29-30-18-32/h2-6,10-11,13,17-19,22-23,26-27H,7-9,12,14-16H2,1H3/t19-,22-,23+,26+,27?/m0/s1. The molecule has 6 rings (SSSR count). The third-order valence-electron chi connectivity index (χ3n) is 8.49. The van der Waals surface area contributed by atoms with Crippen LogP contribution in [-0.4, -0.2) is 46.6 Å². The van der Waals surface area contributed by atoms with Gasteiger partial charge in [-0.15, -0.1) is 10.2 Å². The van der Waals surface area contributed by atoms with E-state index in [-0.39, 0.29) is 18.4 Å². The van der Waals surface area contributed by atoms with Gasteiger partial charge in [0.2, 0.25) is 10.0 Å². The van der Waals surface area contributed by atoms with Crippen LogP contribution in [0, 0.1) is 17.7 Å². The Morgan fingerprint density at radius 2 is 1.64 bits per heavy atom. The molecule has 190 valence electrons. The third-order valence-corrected chi connectivity index (χ3v) is 10.9. The second-order valence-electron chi connectivity index (χ2n) is 10.6. The summed E-state index contributed by atoms with van der Waals surface area (Å²) in [4.78, 5) is 2.28. The summed E-state index contributed by atoms with van der Waals surface area (Å²) >= 11 is 0. The highest BCUT2D eigenvalue weighted by Gasteiger charge is 2.43. The van der Waals surface area contributed by atoms with E-state index < -0.39 is 15.3 Å². The zero-order valence-corrected chi connectivity index (χ0v) is 21.3. The van der Waals surface area contributed by atoms with Gasteiger partial charge in [-0.05, 0) is 62.1 Å². The number of sulfonamides is 1. The van der Waals surface area contributed by atoms with Crippen LogP contribution in [0.4, 0.5) is 10.1 Å². The van der Waals surface area contributed by atoms with Crippen molar-refractivity contribution in [1.29, 1.82) is 0 Å². The number of fused-ring (bicyclic) bond motifs is 2. The van der Waals surface area contributed by atoms with E-state index in [4.69, 9.17) is 0 Å². The summed E-state index contributed by atoms with van der Waals surface area (Å²) in [6.07, 6.45) is 7.24. The zero-order chi connectivity index (χ0) is 24.9. The first-order valence-corrected chi connectivity index (χ1v) is 14.3. The van der Waals surface area contributed by atoms with Gasteiger partial charge in [-0.1, -0.05) is 36.4 Å². The van der Waals surface area contributed by atoms with Crippen molar-refractivity contribution < 1.29 is 12.8 Å². The minimum atomic E-state index is -3.60. The molecule has 1 aromatic heterocycles. The molecule has 3 heterocycles. The maximum absolute atomic E-state index is 15.4. The van der Waals surface area contributed by atoms with Gasteiger partial charge in [0, 0.05) is 43.0 Å². The van der Waals surface area contributed by atoms with Crippen LogP contribution < -0.4 is 4.90 Å². The molecule has 0 N–H and O–H groups in total. The highest BCUT2D eigenvalue weighted by atomic mass is 32.2. The Hall–Kier alpha value is -2.78. The minimum absolute atomic E-state index is 0.0555. The molecule has 0 spiro atoms. The first-order chi connectivity index (χ1) is 17.4. The molecule has 3 aliphatic rings. The number of hydrogen-bond donors (Lipinski definition) is 0. The Morgan fingerprint density at radius 1 is 0.944 bits per heavy atom. The summed E-state index contributed by atoms with van der Waals surface area (Å²) in [7, 11) is -3.60. The molecule has 2 saturated heterocycles. The van der Waals surface area contributed by atoms with Crippen LogP contribution >= 0.6 is 0 Å². The number of aromatic nitrogens is 3. The van der Waals surface area contributed by atoms with Gasteiger partial charge in [-0.3, -0.25) is 0 Å². The van der Waals surface area contributed by atoms with Crippen LogP contribution in [0.3, 0.4) is 0 Å². The summed E-state index contributed by atoms with van der Waals surface area (Å²) in [6, 6.07) is 14.9. The monoisotopic (exact) mass is 509 g/mol. The molecule has 1 saturated carbocycles. The lowest BCUT2D eigenvalue weighted by Crippen LogP contribution is -2.45. The first kappa shape index (κ1) is 23.6. The van der Waals surface area contributed by atoms with E-state index in [0.29, 0.717) is 29.9 Å². The zero-order valence-electron chi connectivity index (χ0n) is 20.4. The molecule has 0 radical (unpaired) electrons. The van der Waals surface area contributed by atoms with Crippen LogP contribution in [-0.2, 0) is 16.6 Å². The molecule has 2 aromatic carbocycles. The molecule has 1 aliphatic carbocycles. The van der Waals surface area contributed by atoms with E-state index in [1.54, 1.807) is 24.8 Å². The number of nitrogens with zero attached hydrogens (tertiary/aromatic N) is 5. The van der Waals surface area contributed by atoms with Crippen molar-refractivity contribution in [3.63, 3.8) is 0 Å². The minimum Gasteiger partial charge on any atom is -0.371 e. The Labute approximate surface area is 212 Å². The summed E-state index contributed by atoms with van der Waals surface area (Å²) < 4.78 is 46.1. The first-order valence-electron chi connectivity index (χ1n) is 12.8. The van der Waals surface area contributed by atoms with Gasteiger partial charge in [0.25, 0.3) is 0 Å². The third kappa shape index (κ3) is 4.12. The second kappa shape index (κ2) is 9.27. The maximum Gasteiger partial charge on any atom is 0.221 e. The molecule has 1 unspecified atom stereocenters. The average Bonchev–Trinajstić information content (AvgIpc) is 3.48. The van der Waals surface area contributed by atoms with Crippen LogP contribution in [0.25, 0.3) is 0 Å². The lowest BCUT2D eigenvalue weighted by atomic mass is 9.91. The summed E-state index contributed by atoms with van der Waals surface area (Å²) in [5.74, 6) is 0.624. The van der Waals surface area contributed by atoms with E-state index in [9.17, 15) is 8.42 Å². The second-order valence-corrected chi connectivity index (χ2v) is 12.7. The molecular formula is C27H32FN5O2S. The summed E-state index contributed by atoms with van der Waals surface area (Å²) in [5.41, 5.74) is 2.09. The van der Waals surface area contributed by atoms with Crippen molar-refractivity contribution in [2.24, 2.45) is 11.8 Å². The Balaban J connectivity index is 1.20. The van der Waals surface area contributed by atoms with Gasteiger partial charge in [0.1, 0.15) is 23.7 Å². The summed E-state index contributed by atoms with van der Waals surface area (Å²) in [5, 5.41) is 7.38. The number of hydrogen-bond acceptors (Lipinski definition) is 5. The van der Waals surface area contributed by atoms with Gasteiger partial charge in [0.05, 0.1) is 0 Å². The predicted molar refractivity (Wildman–Crippen MR) is 136 cm³/mol. The van der Waals surface area contributed by atoms with Crippen LogP contribution in [0.1, 0.15) is 55.0 Å². The van der Waals surface area contributed by atoms with Crippen molar-refractivity contribution in [2.75, 3.05) is 18.0 Å². The Morgan fingerprint density at radius 3 is 2.31 bits per heavy atom. The van der Waals surface area contributed by atoms with Crippen LogP contribution in [0.15, 0.2) is 61.2 Å². The van der Waals surface area contributed by atoms with Gasteiger partial charge >= 0.3 is 0 Å². The fourth-order valence-electron chi connectivity index (χ4n) is 6.64. The van der Waals surface area contributed by atoms with Gasteiger partial charge < -0.3 is 9.47 Å². The van der Waals surface area contributed by atoms with Gasteiger partial charge in [-0.2, -0.15) is 4.31 Å². The highest BCUT2D eigenvalue weighted by Crippen LogP contribution is 2.46.